The first-order valence-corrected chi connectivity index (χ1v) is 11.0. The summed E-state index contributed by atoms with van der Waals surface area (Å²) >= 11 is 12.6. The van der Waals surface area contributed by atoms with Gasteiger partial charge in [0, 0.05) is 0 Å². The summed E-state index contributed by atoms with van der Waals surface area (Å²) in [6.07, 6.45) is 2.88. The first kappa shape index (κ1) is 24.4. The maximum atomic E-state index is 8.97. The molecule has 2 aromatic heterocycles. The van der Waals surface area contributed by atoms with Crippen molar-refractivity contribution in [3.63, 3.8) is 0 Å². The van der Waals surface area contributed by atoms with Crippen molar-refractivity contribution in [2.75, 3.05) is 0 Å². The van der Waals surface area contributed by atoms with Gasteiger partial charge < -0.3 is 18.3 Å². The highest BCUT2D eigenvalue weighted by molar-refractivity contribution is 6.64. The van der Waals surface area contributed by atoms with Gasteiger partial charge in [0.15, 0.2) is 11.5 Å². The van der Waals surface area contributed by atoms with E-state index in [2.05, 4.69) is 9.98 Å². The monoisotopic (exact) mass is 516 g/mol. The molecule has 10 heteroatoms. The highest BCUT2D eigenvalue weighted by Crippen LogP contribution is 2.32. The van der Waals surface area contributed by atoms with Crippen LogP contribution in [0.3, 0.4) is 0 Å². The highest BCUT2D eigenvalue weighted by Gasteiger charge is 2.23. The van der Waals surface area contributed by atoms with Crippen LogP contribution in [0.2, 0.25) is 0 Å². The van der Waals surface area contributed by atoms with Gasteiger partial charge in [0.1, 0.15) is 0 Å². The van der Waals surface area contributed by atoms with Crippen molar-refractivity contribution in [1.82, 2.24) is 0 Å². The van der Waals surface area contributed by atoms with E-state index in [0.717, 1.165) is 0 Å². The van der Waals surface area contributed by atoms with Crippen LogP contribution in [0.15, 0.2) is 104 Å². The minimum absolute atomic E-state index is 0.0190. The lowest BCUT2D eigenvalue weighted by Gasteiger charge is -2.12. The zero-order valence-corrected chi connectivity index (χ0v) is 19.8. The Kier molecular flexibility index (Phi) is 7.84. The molecule has 0 amide bonds. The van der Waals surface area contributed by atoms with Crippen LogP contribution in [-0.4, -0.2) is 10.7 Å². The quantitative estimate of drug-likeness (QED) is 0.150. The molecule has 176 valence electrons. The Morgan fingerprint density at radius 3 is 1.33 bits per heavy atom. The van der Waals surface area contributed by atoms with Crippen molar-refractivity contribution >= 4 is 56.8 Å². The van der Waals surface area contributed by atoms with E-state index in [0.29, 0.717) is 22.5 Å². The molecule has 0 spiro atoms. The lowest BCUT2D eigenvalue weighted by molar-refractivity contribution is 0.424. The lowest BCUT2D eigenvalue weighted by Crippen LogP contribution is -2.04. The van der Waals surface area contributed by atoms with Crippen LogP contribution in [0.1, 0.15) is 22.6 Å². The van der Waals surface area contributed by atoms with Crippen molar-refractivity contribution in [3.05, 3.63) is 108 Å². The normalized spacial score (nSPS) is 12.3. The molecule has 0 fully saturated rings. The largest absolute Gasteiger partial charge is 0.461 e. The van der Waals surface area contributed by atoms with Crippen LogP contribution in [-0.2, 0) is 9.47 Å². The van der Waals surface area contributed by atoms with Gasteiger partial charge in [-0.3, -0.25) is 0 Å². The molecule has 0 aliphatic heterocycles. The number of nitriles is 2. The minimum atomic E-state index is -0.265. The van der Waals surface area contributed by atoms with E-state index in [9.17, 15) is 0 Å². The van der Waals surface area contributed by atoms with Crippen LogP contribution < -0.4 is 0 Å². The van der Waals surface area contributed by atoms with Crippen LogP contribution in [0.25, 0.3) is 11.5 Å². The average Bonchev–Trinajstić information content (AvgIpc) is 3.62. The number of benzene rings is 2. The fourth-order valence-electron chi connectivity index (χ4n) is 2.87. The Morgan fingerprint density at radius 2 is 1.03 bits per heavy atom. The molecule has 0 unspecified atom stereocenters. The zero-order chi connectivity index (χ0) is 25.3. The SMILES string of the molecule is N#Cc1ccc(N=C(Cl)O/C(=C(/OC(Cl)=Nc2ccc(C#N)cc2)c2ccco2)c2ccco2)cc1. The number of hydrogen-bond acceptors (Lipinski definition) is 8. The molecule has 0 bridgehead atoms. The minimum Gasteiger partial charge on any atom is -0.461 e. The lowest BCUT2D eigenvalue weighted by atomic mass is 10.2. The summed E-state index contributed by atoms with van der Waals surface area (Å²) in [5.74, 6) is 0.533. The summed E-state index contributed by atoms with van der Waals surface area (Å²) in [5.41, 5.74) is 1.87. The third-order valence-electron chi connectivity index (χ3n) is 4.50. The van der Waals surface area contributed by atoms with E-state index in [4.69, 9.17) is 52.0 Å². The Hall–Kier alpha value is -4.76. The molecule has 36 heavy (non-hydrogen) atoms. The van der Waals surface area contributed by atoms with Crippen LogP contribution >= 0.6 is 23.2 Å². The molecular weight excluding hydrogens is 503 g/mol. The third-order valence-corrected chi connectivity index (χ3v) is 4.82. The van der Waals surface area contributed by atoms with E-state index >= 15 is 0 Å². The standard InChI is InChI=1S/C26H14Cl2N4O4/c27-25(31-19-9-5-17(15-29)6-10-19)35-23(21-3-1-13-33-21)24(22-4-2-14-34-22)36-26(28)32-20-11-7-18(16-30)8-12-20/h1-14H/b24-23+,31-25?,32-26?. The molecule has 0 atom stereocenters. The molecular formula is C26H14Cl2N4O4. The fraction of sp³-hybridized carbons (Fsp3) is 0. The van der Waals surface area contributed by atoms with Gasteiger partial charge in [-0.1, -0.05) is 0 Å². The van der Waals surface area contributed by atoms with Crippen molar-refractivity contribution < 1.29 is 18.3 Å². The summed E-state index contributed by atoms with van der Waals surface area (Å²) in [5, 5.41) is 17.4. The van der Waals surface area contributed by atoms with Gasteiger partial charge in [-0.25, -0.2) is 9.98 Å². The van der Waals surface area contributed by atoms with Gasteiger partial charge in [-0.05, 0) is 96.0 Å². The summed E-state index contributed by atoms with van der Waals surface area (Å²) in [6.45, 7) is 0. The predicted octanol–water partition coefficient (Wildman–Crippen LogP) is 7.33. The van der Waals surface area contributed by atoms with E-state index in [1.165, 1.54) is 12.5 Å². The Morgan fingerprint density at radius 1 is 0.639 bits per heavy atom. The predicted molar refractivity (Wildman–Crippen MR) is 135 cm³/mol. The van der Waals surface area contributed by atoms with E-state index in [1.54, 1.807) is 72.8 Å². The number of rotatable bonds is 6. The molecule has 0 N–H and O–H groups in total. The smallest absolute Gasteiger partial charge is 0.293 e. The number of ether oxygens (including phenoxy) is 2. The van der Waals surface area contributed by atoms with Crippen LogP contribution in [0, 0.1) is 22.7 Å². The summed E-state index contributed by atoms with van der Waals surface area (Å²) < 4.78 is 22.7. The number of aliphatic imine (C=N–C) groups is 2. The van der Waals surface area contributed by atoms with Crippen LogP contribution in [0.4, 0.5) is 11.4 Å². The summed E-state index contributed by atoms with van der Waals surface area (Å²) in [4.78, 5) is 8.42. The van der Waals surface area contributed by atoms with Gasteiger partial charge in [-0.15, -0.1) is 0 Å². The molecule has 4 aromatic rings. The second-order valence-electron chi connectivity index (χ2n) is 6.86. The van der Waals surface area contributed by atoms with Crippen molar-refractivity contribution in [3.8, 4) is 12.1 Å². The first-order chi connectivity index (χ1) is 17.6. The second kappa shape index (κ2) is 11.6. The van der Waals surface area contributed by atoms with Crippen molar-refractivity contribution in [1.29, 1.82) is 10.5 Å². The van der Waals surface area contributed by atoms with E-state index < -0.39 is 0 Å². The molecule has 2 aromatic carbocycles. The van der Waals surface area contributed by atoms with Gasteiger partial charge in [-0.2, -0.15) is 10.5 Å². The Bertz CT molecular complexity index is 1380. The van der Waals surface area contributed by atoms with Crippen molar-refractivity contribution in [2.24, 2.45) is 9.98 Å². The zero-order valence-electron chi connectivity index (χ0n) is 18.3. The van der Waals surface area contributed by atoms with Gasteiger partial charge in [0.2, 0.25) is 11.5 Å². The highest BCUT2D eigenvalue weighted by atomic mass is 35.5. The molecule has 2 heterocycles. The maximum absolute atomic E-state index is 8.97. The summed E-state index contributed by atoms with van der Waals surface area (Å²) in [6, 6.07) is 23.5. The number of hydrogen-bond donors (Lipinski definition) is 0. The first-order valence-electron chi connectivity index (χ1n) is 10.2. The topological polar surface area (TPSA) is 117 Å². The van der Waals surface area contributed by atoms with Crippen molar-refractivity contribution in [2.45, 2.75) is 0 Å². The molecule has 0 radical (unpaired) electrons. The molecule has 0 aliphatic rings. The van der Waals surface area contributed by atoms with E-state index in [1.807, 2.05) is 12.1 Å². The Labute approximate surface area is 215 Å². The number of halogens is 2. The summed E-state index contributed by atoms with van der Waals surface area (Å²) in [7, 11) is 0. The molecule has 0 saturated heterocycles. The van der Waals surface area contributed by atoms with Gasteiger partial charge in [0.05, 0.1) is 47.2 Å². The third kappa shape index (κ3) is 6.22. The average molecular weight is 517 g/mol. The maximum Gasteiger partial charge on any atom is 0.293 e. The molecule has 8 nitrogen and oxygen atoms in total. The second-order valence-corrected chi connectivity index (χ2v) is 7.51. The van der Waals surface area contributed by atoms with Gasteiger partial charge in [0.25, 0.3) is 10.7 Å². The Balaban J connectivity index is 1.72. The number of furan rings is 2. The molecule has 0 aliphatic carbocycles. The van der Waals surface area contributed by atoms with Crippen LogP contribution in [0.5, 0.6) is 0 Å². The van der Waals surface area contributed by atoms with E-state index in [-0.39, 0.29) is 33.8 Å². The molecule has 4 rings (SSSR count). The molecule has 0 saturated carbocycles. The fourth-order valence-corrected chi connectivity index (χ4v) is 3.22. The number of nitrogens with zero attached hydrogens (tertiary/aromatic N) is 4. The van der Waals surface area contributed by atoms with Gasteiger partial charge >= 0.3 is 0 Å².